The Labute approximate surface area is 133 Å². The van der Waals surface area contributed by atoms with Crippen molar-refractivity contribution in [1.82, 2.24) is 9.97 Å². The summed E-state index contributed by atoms with van der Waals surface area (Å²) >= 11 is 5.88. The van der Waals surface area contributed by atoms with E-state index in [1.54, 1.807) is 6.07 Å². The average Bonchev–Trinajstić information content (AvgIpc) is 2.54. The van der Waals surface area contributed by atoms with Crippen molar-refractivity contribution in [3.8, 4) is 0 Å². The van der Waals surface area contributed by atoms with Crippen molar-refractivity contribution in [2.45, 2.75) is 19.5 Å². The number of nitrogens with zero attached hydrogens (tertiary/aromatic N) is 1. The number of fused-ring (bicyclic) bond motifs is 1. The third kappa shape index (κ3) is 3.18. The summed E-state index contributed by atoms with van der Waals surface area (Å²) in [4.78, 5) is 19.5. The van der Waals surface area contributed by atoms with Gasteiger partial charge in [0.2, 0.25) is 0 Å². The van der Waals surface area contributed by atoms with Gasteiger partial charge in [0, 0.05) is 10.6 Å². The van der Waals surface area contributed by atoms with Crippen LogP contribution in [-0.4, -0.2) is 9.97 Å². The molecule has 0 aliphatic rings. The topological polar surface area (TPSA) is 62.4 Å². The molecule has 1 aromatic heterocycles. The smallest absolute Gasteiger partial charge is 0.258 e. The highest BCUT2D eigenvalue weighted by molar-refractivity contribution is 6.30. The molecule has 1 heterocycles. The summed E-state index contributed by atoms with van der Waals surface area (Å²) in [7, 11) is 0. The fraction of sp³-hybridized carbons (Fsp3) is 0.176. The number of nitrogens with one attached hydrogen (secondary N) is 1. The van der Waals surface area contributed by atoms with Crippen molar-refractivity contribution in [2.24, 2.45) is 0 Å². The molecule has 0 fully saturated rings. The van der Waals surface area contributed by atoms with E-state index in [1.807, 2.05) is 49.4 Å². The van der Waals surface area contributed by atoms with E-state index in [2.05, 4.69) is 15.3 Å². The van der Waals surface area contributed by atoms with Crippen LogP contribution in [0.25, 0.3) is 10.9 Å². The zero-order valence-electron chi connectivity index (χ0n) is 12.2. The third-order valence-electron chi connectivity index (χ3n) is 3.68. The molecule has 0 unspecified atom stereocenters. The van der Waals surface area contributed by atoms with E-state index in [-0.39, 0.29) is 11.6 Å². The van der Waals surface area contributed by atoms with Gasteiger partial charge in [-0.25, -0.2) is 4.98 Å². The second-order valence-corrected chi connectivity index (χ2v) is 5.76. The molecule has 112 valence electrons. The zero-order valence-corrected chi connectivity index (χ0v) is 13.0. The van der Waals surface area contributed by atoms with E-state index in [0.717, 1.165) is 17.1 Å². The van der Waals surface area contributed by atoms with Crippen LogP contribution in [0.4, 0.5) is 0 Å². The van der Waals surface area contributed by atoms with Crippen molar-refractivity contribution < 1.29 is 5.32 Å². The van der Waals surface area contributed by atoms with Crippen LogP contribution in [0.3, 0.4) is 0 Å². The molecule has 3 N–H and O–H groups in total. The Morgan fingerprint density at radius 3 is 2.68 bits per heavy atom. The molecule has 0 radical (unpaired) electrons. The van der Waals surface area contributed by atoms with Gasteiger partial charge in [-0.1, -0.05) is 35.9 Å². The summed E-state index contributed by atoms with van der Waals surface area (Å²) in [6.07, 6.45) is 0. The molecule has 0 saturated heterocycles. The van der Waals surface area contributed by atoms with E-state index in [9.17, 15) is 4.79 Å². The molecule has 22 heavy (non-hydrogen) atoms. The van der Waals surface area contributed by atoms with Gasteiger partial charge in [0.05, 0.1) is 10.9 Å². The third-order valence-corrected chi connectivity index (χ3v) is 3.93. The fourth-order valence-electron chi connectivity index (χ4n) is 2.37. The highest BCUT2D eigenvalue weighted by Crippen LogP contribution is 2.10. The van der Waals surface area contributed by atoms with Gasteiger partial charge < -0.3 is 10.3 Å². The van der Waals surface area contributed by atoms with Crippen molar-refractivity contribution in [1.29, 1.82) is 0 Å². The summed E-state index contributed by atoms with van der Waals surface area (Å²) in [5.74, 6) is 0.692. The van der Waals surface area contributed by atoms with Gasteiger partial charge in [0.25, 0.3) is 5.56 Å². The first-order chi connectivity index (χ1) is 10.6. The second-order valence-electron chi connectivity index (χ2n) is 5.32. The van der Waals surface area contributed by atoms with Crippen molar-refractivity contribution in [3.63, 3.8) is 0 Å². The van der Waals surface area contributed by atoms with Crippen molar-refractivity contribution in [3.05, 3.63) is 75.3 Å². The summed E-state index contributed by atoms with van der Waals surface area (Å²) in [6.45, 7) is 2.83. The van der Waals surface area contributed by atoms with Gasteiger partial charge in [-0.2, -0.15) is 0 Å². The highest BCUT2D eigenvalue weighted by Gasteiger charge is 2.13. The second kappa shape index (κ2) is 6.30. The van der Waals surface area contributed by atoms with E-state index < -0.39 is 0 Å². The molecule has 0 amide bonds. The number of hydrogen-bond acceptors (Lipinski definition) is 2. The van der Waals surface area contributed by atoms with Gasteiger partial charge in [-0.15, -0.1) is 0 Å². The molecule has 3 aromatic rings. The first-order valence-corrected chi connectivity index (χ1v) is 7.58. The first-order valence-electron chi connectivity index (χ1n) is 7.20. The van der Waals surface area contributed by atoms with Crippen molar-refractivity contribution >= 4 is 22.5 Å². The van der Waals surface area contributed by atoms with Crippen LogP contribution < -0.4 is 10.9 Å². The molecular weight excluding hydrogens is 298 g/mol. The van der Waals surface area contributed by atoms with Crippen LogP contribution in [0.5, 0.6) is 0 Å². The lowest BCUT2D eigenvalue weighted by Gasteiger charge is -2.11. The number of aromatic amines is 1. The lowest BCUT2D eigenvalue weighted by atomic mass is 10.2. The normalized spacial score (nSPS) is 12.5. The van der Waals surface area contributed by atoms with Crippen LogP contribution in [0.2, 0.25) is 5.02 Å². The average molecular weight is 315 g/mol. The predicted molar refractivity (Wildman–Crippen MR) is 87.9 cm³/mol. The molecule has 4 nitrogen and oxygen atoms in total. The number of nitrogens with two attached hydrogens (primary N) is 1. The first kappa shape index (κ1) is 14.8. The fourth-order valence-corrected chi connectivity index (χ4v) is 2.49. The number of para-hydroxylation sites is 1. The quantitative estimate of drug-likeness (QED) is 0.777. The van der Waals surface area contributed by atoms with Crippen molar-refractivity contribution in [2.75, 3.05) is 0 Å². The van der Waals surface area contributed by atoms with Crippen LogP contribution in [0.1, 0.15) is 24.4 Å². The Morgan fingerprint density at radius 2 is 1.91 bits per heavy atom. The Bertz CT molecular complexity index is 842. The Hall–Kier alpha value is -2.17. The maximum absolute atomic E-state index is 12.1. The van der Waals surface area contributed by atoms with Gasteiger partial charge in [-0.3, -0.25) is 4.79 Å². The minimum atomic E-state index is -0.0904. The molecule has 1 atom stereocenters. The van der Waals surface area contributed by atoms with E-state index in [0.29, 0.717) is 11.2 Å². The van der Waals surface area contributed by atoms with Crippen LogP contribution in [0, 0.1) is 0 Å². The number of hydrogen-bond donors (Lipinski definition) is 2. The Kier molecular flexibility index (Phi) is 4.22. The van der Waals surface area contributed by atoms with E-state index in [4.69, 9.17) is 11.6 Å². The summed E-state index contributed by atoms with van der Waals surface area (Å²) in [6, 6.07) is 15.2. The predicted octanol–water partition coefficient (Wildman–Crippen LogP) is 2.40. The maximum Gasteiger partial charge on any atom is 0.258 e. The number of benzene rings is 2. The molecule has 0 bridgehead atoms. The molecule has 3 rings (SSSR count). The minimum Gasteiger partial charge on any atom is -0.334 e. The molecule has 2 aromatic carbocycles. The van der Waals surface area contributed by atoms with Gasteiger partial charge in [-0.05, 0) is 31.2 Å². The number of H-pyrrole nitrogens is 1. The zero-order chi connectivity index (χ0) is 15.5. The molecule has 0 aliphatic heterocycles. The molecule has 0 aliphatic carbocycles. The minimum absolute atomic E-state index is 0.0629. The molecular formula is C17H17ClN3O+. The summed E-state index contributed by atoms with van der Waals surface area (Å²) in [5.41, 5.74) is 1.82. The standard InChI is InChI=1S/C17H16ClN3O/c1-11(19-10-12-6-8-13(18)9-7-12)16-20-15-5-3-2-4-14(15)17(22)21-16/h2-9,11,19H,10H2,1H3,(H,20,21,22)/p+1/t11-/m0/s1. The molecule has 0 saturated carbocycles. The number of aromatic nitrogens is 2. The Balaban J connectivity index is 1.78. The van der Waals surface area contributed by atoms with E-state index >= 15 is 0 Å². The SMILES string of the molecule is C[C@H]([NH2+]Cc1ccc(Cl)cc1)c1nc2ccccc2c(=O)[nH]1. The van der Waals surface area contributed by atoms with Crippen LogP contribution in [-0.2, 0) is 6.54 Å². The number of halogens is 1. The summed E-state index contributed by atoms with van der Waals surface area (Å²) < 4.78 is 0. The number of rotatable bonds is 4. The largest absolute Gasteiger partial charge is 0.334 e. The number of quaternary nitrogens is 1. The summed E-state index contributed by atoms with van der Waals surface area (Å²) in [5, 5.41) is 3.49. The van der Waals surface area contributed by atoms with E-state index in [1.165, 1.54) is 5.56 Å². The monoisotopic (exact) mass is 314 g/mol. The molecule has 5 heteroatoms. The Morgan fingerprint density at radius 1 is 1.18 bits per heavy atom. The van der Waals surface area contributed by atoms with Gasteiger partial charge in [0.1, 0.15) is 12.6 Å². The molecule has 0 spiro atoms. The highest BCUT2D eigenvalue weighted by atomic mass is 35.5. The van der Waals surface area contributed by atoms with Gasteiger partial charge in [0.15, 0.2) is 5.82 Å². The van der Waals surface area contributed by atoms with Gasteiger partial charge >= 0.3 is 0 Å². The lowest BCUT2D eigenvalue weighted by molar-refractivity contribution is -0.709. The van der Waals surface area contributed by atoms with Crippen LogP contribution in [0.15, 0.2) is 53.3 Å². The maximum atomic E-state index is 12.1. The lowest BCUT2D eigenvalue weighted by Crippen LogP contribution is -2.83. The van der Waals surface area contributed by atoms with Crippen LogP contribution >= 0.6 is 11.6 Å².